The van der Waals surface area contributed by atoms with Crippen molar-refractivity contribution in [3.63, 3.8) is 0 Å². The van der Waals surface area contributed by atoms with E-state index < -0.39 is 0 Å². The average molecular weight is 326 g/mol. The van der Waals surface area contributed by atoms with Gasteiger partial charge >= 0.3 is 0 Å². The van der Waals surface area contributed by atoms with E-state index in [0.29, 0.717) is 12.6 Å². The molecule has 0 aliphatic heterocycles. The minimum absolute atomic E-state index is 0.476. The molecule has 128 valence electrons. The van der Waals surface area contributed by atoms with Crippen LogP contribution in [0.5, 0.6) is 11.5 Å². The third kappa shape index (κ3) is 4.71. The van der Waals surface area contributed by atoms with Crippen LogP contribution in [0.25, 0.3) is 0 Å². The van der Waals surface area contributed by atoms with Crippen molar-refractivity contribution in [2.45, 2.75) is 51.3 Å². The molecule has 1 aliphatic rings. The molecule has 1 aromatic carbocycles. The zero-order valence-electron chi connectivity index (χ0n) is 14.3. The highest BCUT2D eigenvalue weighted by Crippen LogP contribution is 2.26. The van der Waals surface area contributed by atoms with Crippen LogP contribution in [0.2, 0.25) is 0 Å². The molecule has 1 aliphatic carbocycles. The molecule has 1 heterocycles. The summed E-state index contributed by atoms with van der Waals surface area (Å²) in [6.07, 6.45) is 8.37. The topological polar surface area (TPSA) is 43.4 Å². The summed E-state index contributed by atoms with van der Waals surface area (Å²) in [5.74, 6) is 1.75. The van der Waals surface area contributed by atoms with E-state index in [-0.39, 0.29) is 0 Å². The van der Waals surface area contributed by atoms with Crippen molar-refractivity contribution in [3.8, 4) is 11.5 Å². The summed E-state index contributed by atoms with van der Waals surface area (Å²) >= 11 is 0. The summed E-state index contributed by atoms with van der Waals surface area (Å²) in [6, 6.07) is 12.5. The number of methoxy groups -OCH3 is 1. The molecule has 4 nitrogen and oxygen atoms in total. The number of benzene rings is 1. The molecule has 1 fully saturated rings. The Hall–Kier alpha value is -2.07. The number of nitrogens with one attached hydrogen (secondary N) is 1. The lowest BCUT2D eigenvalue weighted by molar-refractivity contribution is 0.294. The van der Waals surface area contributed by atoms with Crippen LogP contribution in [-0.2, 0) is 13.2 Å². The number of hydrogen-bond donors (Lipinski definition) is 1. The molecule has 0 bridgehead atoms. The SMILES string of the molecule is COc1ccc(OCc2ccccn2)c(CNC2CCCCC2)c1. The highest BCUT2D eigenvalue weighted by atomic mass is 16.5. The lowest BCUT2D eigenvalue weighted by atomic mass is 9.95. The van der Waals surface area contributed by atoms with Crippen LogP contribution in [0.1, 0.15) is 43.4 Å². The molecular formula is C20H26N2O2. The van der Waals surface area contributed by atoms with Gasteiger partial charge in [-0.3, -0.25) is 4.98 Å². The number of aromatic nitrogens is 1. The van der Waals surface area contributed by atoms with Crippen molar-refractivity contribution in [3.05, 3.63) is 53.9 Å². The van der Waals surface area contributed by atoms with Crippen molar-refractivity contribution < 1.29 is 9.47 Å². The molecule has 1 saturated carbocycles. The van der Waals surface area contributed by atoms with Crippen LogP contribution in [0, 0.1) is 0 Å². The molecular weight excluding hydrogens is 300 g/mol. The standard InChI is InChI=1S/C20H26N2O2/c1-23-19-10-11-20(24-15-18-9-5-6-12-21-18)16(13-19)14-22-17-7-3-2-4-8-17/h5-6,9-13,17,22H,2-4,7-8,14-15H2,1H3. The Morgan fingerprint density at radius 2 is 2.00 bits per heavy atom. The van der Waals surface area contributed by atoms with Crippen LogP contribution >= 0.6 is 0 Å². The lowest BCUT2D eigenvalue weighted by Gasteiger charge is -2.23. The fraction of sp³-hybridized carbons (Fsp3) is 0.450. The van der Waals surface area contributed by atoms with Gasteiger partial charge in [0.05, 0.1) is 12.8 Å². The Morgan fingerprint density at radius 3 is 2.75 bits per heavy atom. The third-order valence-corrected chi connectivity index (χ3v) is 4.56. The molecule has 0 radical (unpaired) electrons. The molecule has 0 saturated heterocycles. The van der Waals surface area contributed by atoms with E-state index >= 15 is 0 Å². The number of nitrogens with zero attached hydrogens (tertiary/aromatic N) is 1. The first-order chi connectivity index (χ1) is 11.8. The number of pyridine rings is 1. The Balaban J connectivity index is 1.65. The first-order valence-corrected chi connectivity index (χ1v) is 8.78. The number of ether oxygens (including phenoxy) is 2. The van der Waals surface area contributed by atoms with Gasteiger partial charge in [0.15, 0.2) is 0 Å². The lowest BCUT2D eigenvalue weighted by Crippen LogP contribution is -2.30. The highest BCUT2D eigenvalue weighted by molar-refractivity contribution is 5.40. The Labute approximate surface area is 144 Å². The van der Waals surface area contributed by atoms with Gasteiger partial charge < -0.3 is 14.8 Å². The van der Waals surface area contributed by atoms with Gasteiger partial charge in [-0.05, 0) is 43.2 Å². The van der Waals surface area contributed by atoms with E-state index in [1.54, 1.807) is 13.3 Å². The van der Waals surface area contributed by atoms with Gasteiger partial charge in [-0.15, -0.1) is 0 Å². The fourth-order valence-corrected chi connectivity index (χ4v) is 3.16. The van der Waals surface area contributed by atoms with Gasteiger partial charge in [-0.25, -0.2) is 0 Å². The number of rotatable bonds is 7. The molecule has 0 spiro atoms. The molecule has 0 atom stereocenters. The van der Waals surface area contributed by atoms with E-state index in [0.717, 1.165) is 29.3 Å². The van der Waals surface area contributed by atoms with Crippen LogP contribution in [0.15, 0.2) is 42.6 Å². The molecule has 0 unspecified atom stereocenters. The maximum Gasteiger partial charge on any atom is 0.130 e. The van der Waals surface area contributed by atoms with Crippen LogP contribution in [0.4, 0.5) is 0 Å². The summed E-state index contributed by atoms with van der Waals surface area (Å²) < 4.78 is 11.4. The van der Waals surface area contributed by atoms with Crippen LogP contribution < -0.4 is 14.8 Å². The van der Waals surface area contributed by atoms with Gasteiger partial charge in [0.2, 0.25) is 0 Å². The Morgan fingerprint density at radius 1 is 1.12 bits per heavy atom. The molecule has 4 heteroatoms. The van der Waals surface area contributed by atoms with Crippen molar-refractivity contribution in [2.24, 2.45) is 0 Å². The second kappa shape index (κ2) is 8.69. The van der Waals surface area contributed by atoms with Gasteiger partial charge in [0.25, 0.3) is 0 Å². The number of hydrogen-bond acceptors (Lipinski definition) is 4. The Kier molecular flexibility index (Phi) is 6.07. The second-order valence-electron chi connectivity index (χ2n) is 6.30. The predicted molar refractivity (Wildman–Crippen MR) is 95.3 cm³/mol. The molecule has 0 amide bonds. The zero-order chi connectivity index (χ0) is 16.6. The first-order valence-electron chi connectivity index (χ1n) is 8.78. The smallest absolute Gasteiger partial charge is 0.130 e. The summed E-state index contributed by atoms with van der Waals surface area (Å²) in [5.41, 5.74) is 2.07. The zero-order valence-corrected chi connectivity index (χ0v) is 14.3. The normalized spacial score (nSPS) is 15.2. The van der Waals surface area contributed by atoms with E-state index in [9.17, 15) is 0 Å². The highest BCUT2D eigenvalue weighted by Gasteiger charge is 2.14. The largest absolute Gasteiger partial charge is 0.497 e. The van der Waals surface area contributed by atoms with E-state index in [1.807, 2.05) is 30.3 Å². The predicted octanol–water partition coefficient (Wildman–Crippen LogP) is 4.09. The van der Waals surface area contributed by atoms with Crippen molar-refractivity contribution in [2.75, 3.05) is 7.11 Å². The molecule has 2 aromatic rings. The molecule has 3 rings (SSSR count). The van der Waals surface area contributed by atoms with E-state index in [1.165, 1.54) is 32.1 Å². The van der Waals surface area contributed by atoms with Crippen molar-refractivity contribution >= 4 is 0 Å². The van der Waals surface area contributed by atoms with Gasteiger partial charge in [-0.1, -0.05) is 25.3 Å². The van der Waals surface area contributed by atoms with Gasteiger partial charge in [0, 0.05) is 24.3 Å². The van der Waals surface area contributed by atoms with Gasteiger partial charge in [-0.2, -0.15) is 0 Å². The summed E-state index contributed by atoms with van der Waals surface area (Å²) in [4.78, 5) is 4.31. The minimum atomic E-state index is 0.476. The van der Waals surface area contributed by atoms with Crippen molar-refractivity contribution in [1.82, 2.24) is 10.3 Å². The van der Waals surface area contributed by atoms with Crippen molar-refractivity contribution in [1.29, 1.82) is 0 Å². The molecule has 24 heavy (non-hydrogen) atoms. The maximum atomic E-state index is 6.00. The van der Waals surface area contributed by atoms with E-state index in [2.05, 4.69) is 16.4 Å². The maximum absolute atomic E-state index is 6.00. The second-order valence-corrected chi connectivity index (χ2v) is 6.30. The summed E-state index contributed by atoms with van der Waals surface area (Å²) in [7, 11) is 1.70. The summed E-state index contributed by atoms with van der Waals surface area (Å²) in [6.45, 7) is 1.28. The Bertz CT molecular complexity index is 625. The molecule has 1 N–H and O–H groups in total. The third-order valence-electron chi connectivity index (χ3n) is 4.56. The van der Waals surface area contributed by atoms with E-state index in [4.69, 9.17) is 9.47 Å². The first kappa shape index (κ1) is 16.8. The summed E-state index contributed by atoms with van der Waals surface area (Å²) in [5, 5.41) is 3.68. The monoisotopic (exact) mass is 326 g/mol. The van der Waals surface area contributed by atoms with Gasteiger partial charge in [0.1, 0.15) is 18.1 Å². The minimum Gasteiger partial charge on any atom is -0.497 e. The van der Waals surface area contributed by atoms with Crippen LogP contribution in [0.3, 0.4) is 0 Å². The quantitative estimate of drug-likeness (QED) is 0.832. The average Bonchev–Trinajstić information content (AvgIpc) is 2.66. The molecule has 1 aromatic heterocycles. The fourth-order valence-electron chi connectivity index (χ4n) is 3.16. The van der Waals surface area contributed by atoms with Crippen LogP contribution in [-0.4, -0.2) is 18.1 Å².